The third kappa shape index (κ3) is 2.56. The van der Waals surface area contributed by atoms with Crippen LogP contribution in [0.25, 0.3) is 21.7 Å². The van der Waals surface area contributed by atoms with Crippen molar-refractivity contribution in [3.63, 3.8) is 0 Å². The zero-order valence-electron chi connectivity index (χ0n) is 13.4. The van der Waals surface area contributed by atoms with E-state index in [4.69, 9.17) is 4.98 Å². The maximum Gasteiger partial charge on any atom is 0.143 e. The maximum absolute atomic E-state index is 12.4. The number of benzene rings is 3. The number of carbonyl (C=O) groups is 1. The molecule has 1 unspecified atom stereocenters. The lowest BCUT2D eigenvalue weighted by Gasteiger charge is -2.15. The van der Waals surface area contributed by atoms with Gasteiger partial charge >= 0.3 is 0 Å². The summed E-state index contributed by atoms with van der Waals surface area (Å²) >= 11 is 0. The number of fused-ring (bicyclic) bond motifs is 2. The van der Waals surface area contributed by atoms with E-state index in [0.29, 0.717) is 0 Å². The van der Waals surface area contributed by atoms with Crippen LogP contribution in [0.4, 0.5) is 0 Å². The molecule has 1 aromatic heterocycles. The van der Waals surface area contributed by atoms with Crippen molar-refractivity contribution >= 4 is 27.5 Å². The van der Waals surface area contributed by atoms with E-state index in [1.165, 1.54) is 5.39 Å². The van der Waals surface area contributed by atoms with Crippen LogP contribution in [0.3, 0.4) is 0 Å². The van der Waals surface area contributed by atoms with Gasteiger partial charge in [-0.2, -0.15) is 0 Å². The van der Waals surface area contributed by atoms with Gasteiger partial charge in [0.15, 0.2) is 0 Å². The number of rotatable bonds is 3. The molecule has 0 bridgehead atoms. The van der Waals surface area contributed by atoms with E-state index in [-0.39, 0.29) is 11.7 Å². The highest BCUT2D eigenvalue weighted by Crippen LogP contribution is 2.28. The molecule has 116 valence electrons. The summed E-state index contributed by atoms with van der Waals surface area (Å²) in [5.41, 5.74) is 2.71. The first-order valence-electron chi connectivity index (χ1n) is 8.07. The topological polar surface area (TPSA) is 30.0 Å². The number of aromatic nitrogens is 1. The molecular formula is C22H17NO. The number of carbonyl (C=O) groups excluding carboxylic acids is 1. The number of nitrogens with zero attached hydrogens (tertiary/aromatic N) is 1. The molecule has 1 heterocycles. The number of hydrogen-bond donors (Lipinski definition) is 0. The fourth-order valence-corrected chi connectivity index (χ4v) is 3.24. The number of hydrogen-bond acceptors (Lipinski definition) is 2. The molecule has 4 rings (SSSR count). The molecule has 4 aromatic rings. The molecule has 0 aliphatic rings. The summed E-state index contributed by atoms with van der Waals surface area (Å²) in [7, 11) is 0. The van der Waals surface area contributed by atoms with Crippen molar-refractivity contribution in [3.05, 3.63) is 90.1 Å². The van der Waals surface area contributed by atoms with E-state index < -0.39 is 0 Å². The predicted octanol–water partition coefficient (Wildman–Crippen LogP) is 5.11. The summed E-state index contributed by atoms with van der Waals surface area (Å²) < 4.78 is 0. The summed E-state index contributed by atoms with van der Waals surface area (Å²) in [4.78, 5) is 17.1. The van der Waals surface area contributed by atoms with Gasteiger partial charge in [0.25, 0.3) is 0 Å². The normalized spacial score (nSPS) is 12.4. The summed E-state index contributed by atoms with van der Waals surface area (Å²) in [5, 5.41) is 3.40. The standard InChI is InChI=1S/C22H17NO/c1-15(24)22(19-11-10-16-6-2-3-8-18(16)14-19)21-13-12-17-7-4-5-9-20(17)23-21/h2-14,22H,1H3. The van der Waals surface area contributed by atoms with Gasteiger partial charge in [-0.15, -0.1) is 0 Å². The van der Waals surface area contributed by atoms with Crippen molar-refractivity contribution in [1.29, 1.82) is 0 Å². The monoisotopic (exact) mass is 311 g/mol. The van der Waals surface area contributed by atoms with Gasteiger partial charge in [-0.3, -0.25) is 9.78 Å². The van der Waals surface area contributed by atoms with Crippen molar-refractivity contribution in [3.8, 4) is 0 Å². The van der Waals surface area contributed by atoms with Gasteiger partial charge in [0, 0.05) is 5.39 Å². The van der Waals surface area contributed by atoms with Crippen LogP contribution in [0.15, 0.2) is 78.9 Å². The van der Waals surface area contributed by atoms with Crippen LogP contribution in [0, 0.1) is 0 Å². The Balaban J connectivity index is 1.86. The van der Waals surface area contributed by atoms with Crippen LogP contribution in [0.2, 0.25) is 0 Å². The van der Waals surface area contributed by atoms with Crippen LogP contribution in [-0.2, 0) is 4.79 Å². The lowest BCUT2D eigenvalue weighted by atomic mass is 9.90. The van der Waals surface area contributed by atoms with E-state index in [0.717, 1.165) is 27.5 Å². The molecule has 0 fully saturated rings. The first-order chi connectivity index (χ1) is 11.7. The highest BCUT2D eigenvalue weighted by atomic mass is 16.1. The van der Waals surface area contributed by atoms with Gasteiger partial charge in [0.2, 0.25) is 0 Å². The third-order valence-electron chi connectivity index (χ3n) is 4.43. The molecule has 3 aromatic carbocycles. The molecular weight excluding hydrogens is 294 g/mol. The van der Waals surface area contributed by atoms with Crippen molar-refractivity contribution in [2.45, 2.75) is 12.8 Å². The Morgan fingerprint density at radius 3 is 2.25 bits per heavy atom. The fourth-order valence-electron chi connectivity index (χ4n) is 3.24. The van der Waals surface area contributed by atoms with Crippen LogP contribution in [0.1, 0.15) is 24.1 Å². The Labute approximate surface area is 140 Å². The molecule has 0 N–H and O–H groups in total. The largest absolute Gasteiger partial charge is 0.299 e. The molecule has 0 spiro atoms. The fraction of sp³-hybridized carbons (Fsp3) is 0.0909. The maximum atomic E-state index is 12.4. The van der Waals surface area contributed by atoms with Gasteiger partial charge in [0.1, 0.15) is 5.78 Å². The molecule has 0 saturated carbocycles. The average Bonchev–Trinajstić information content (AvgIpc) is 2.61. The van der Waals surface area contributed by atoms with E-state index in [1.807, 2.05) is 54.6 Å². The Bertz CT molecular complexity index is 972. The van der Waals surface area contributed by atoms with Crippen molar-refractivity contribution in [2.75, 3.05) is 0 Å². The second-order valence-corrected chi connectivity index (χ2v) is 6.08. The quantitative estimate of drug-likeness (QED) is 0.526. The third-order valence-corrected chi connectivity index (χ3v) is 4.43. The van der Waals surface area contributed by atoms with Crippen LogP contribution in [0.5, 0.6) is 0 Å². The summed E-state index contributed by atoms with van der Waals surface area (Å²) in [6, 6.07) is 26.4. The van der Waals surface area contributed by atoms with E-state index in [2.05, 4.69) is 24.3 Å². The molecule has 1 atom stereocenters. The highest BCUT2D eigenvalue weighted by Gasteiger charge is 2.21. The second-order valence-electron chi connectivity index (χ2n) is 6.08. The Morgan fingerprint density at radius 2 is 1.46 bits per heavy atom. The second kappa shape index (κ2) is 5.89. The van der Waals surface area contributed by atoms with Gasteiger partial charge in [-0.05, 0) is 35.4 Å². The van der Waals surface area contributed by atoms with Crippen molar-refractivity contribution < 1.29 is 4.79 Å². The van der Waals surface area contributed by atoms with Crippen molar-refractivity contribution in [1.82, 2.24) is 4.98 Å². The number of Topliss-reactive ketones (excluding diaryl/α,β-unsaturated/α-hetero) is 1. The first-order valence-corrected chi connectivity index (χ1v) is 8.07. The predicted molar refractivity (Wildman–Crippen MR) is 98.2 cm³/mol. The minimum Gasteiger partial charge on any atom is -0.299 e. The summed E-state index contributed by atoms with van der Waals surface area (Å²) in [5.74, 6) is -0.229. The lowest BCUT2D eigenvalue weighted by Crippen LogP contribution is -2.12. The van der Waals surface area contributed by atoms with Crippen LogP contribution < -0.4 is 0 Å². The van der Waals surface area contributed by atoms with Gasteiger partial charge in [0.05, 0.1) is 17.1 Å². The Hall–Kier alpha value is -3.00. The number of pyridine rings is 1. The van der Waals surface area contributed by atoms with Gasteiger partial charge in [-0.1, -0.05) is 66.7 Å². The summed E-state index contributed by atoms with van der Waals surface area (Å²) in [6.07, 6.45) is 0. The molecule has 24 heavy (non-hydrogen) atoms. The van der Waals surface area contributed by atoms with Crippen molar-refractivity contribution in [2.24, 2.45) is 0 Å². The van der Waals surface area contributed by atoms with Gasteiger partial charge in [-0.25, -0.2) is 0 Å². The molecule has 0 aliphatic heterocycles. The van der Waals surface area contributed by atoms with Crippen LogP contribution >= 0.6 is 0 Å². The molecule has 0 radical (unpaired) electrons. The highest BCUT2D eigenvalue weighted by molar-refractivity contribution is 5.90. The SMILES string of the molecule is CC(=O)C(c1ccc2ccccc2c1)c1ccc2ccccc2n1. The Kier molecular flexibility index (Phi) is 3.58. The molecule has 0 aliphatic carbocycles. The Morgan fingerprint density at radius 1 is 0.792 bits per heavy atom. The van der Waals surface area contributed by atoms with E-state index in [1.54, 1.807) is 6.92 Å². The zero-order valence-corrected chi connectivity index (χ0v) is 13.4. The van der Waals surface area contributed by atoms with Crippen LogP contribution in [-0.4, -0.2) is 10.8 Å². The van der Waals surface area contributed by atoms with Gasteiger partial charge < -0.3 is 0 Å². The molecule has 0 amide bonds. The first kappa shape index (κ1) is 14.6. The molecule has 0 saturated heterocycles. The smallest absolute Gasteiger partial charge is 0.143 e. The molecule has 2 heteroatoms. The number of ketones is 1. The minimum absolute atomic E-state index is 0.105. The lowest BCUT2D eigenvalue weighted by molar-refractivity contribution is -0.117. The van der Waals surface area contributed by atoms with E-state index >= 15 is 0 Å². The number of para-hydroxylation sites is 1. The summed E-state index contributed by atoms with van der Waals surface area (Å²) in [6.45, 7) is 1.64. The zero-order chi connectivity index (χ0) is 16.5. The average molecular weight is 311 g/mol. The molecule has 2 nitrogen and oxygen atoms in total. The van der Waals surface area contributed by atoms with E-state index in [9.17, 15) is 4.79 Å². The minimum atomic E-state index is -0.334.